The summed E-state index contributed by atoms with van der Waals surface area (Å²) in [5.41, 5.74) is 0. The van der Waals surface area contributed by atoms with Crippen LogP contribution in [0.1, 0.15) is 36.4 Å². The van der Waals surface area contributed by atoms with E-state index in [0.717, 1.165) is 4.88 Å². The second-order valence-corrected chi connectivity index (χ2v) is 5.25. The fourth-order valence-corrected chi connectivity index (χ4v) is 2.08. The molecule has 0 fully saturated rings. The van der Waals surface area contributed by atoms with E-state index in [1.807, 2.05) is 31.4 Å². The lowest BCUT2D eigenvalue weighted by atomic mass is 10.2. The molecule has 96 valence electrons. The zero-order valence-corrected chi connectivity index (χ0v) is 11.2. The number of rotatable bonds is 5. The van der Waals surface area contributed by atoms with Crippen LogP contribution >= 0.6 is 11.3 Å². The monoisotopic (exact) mass is 265 g/mol. The lowest BCUT2D eigenvalue weighted by Crippen LogP contribution is -2.24. The van der Waals surface area contributed by atoms with Crippen LogP contribution in [0.5, 0.6) is 0 Å². The average molecular weight is 265 g/mol. The molecular weight excluding hydrogens is 250 g/mol. The quantitative estimate of drug-likeness (QED) is 0.899. The molecule has 0 aliphatic heterocycles. The van der Waals surface area contributed by atoms with Crippen LogP contribution in [0.4, 0.5) is 0 Å². The van der Waals surface area contributed by atoms with E-state index < -0.39 is 0 Å². The first-order chi connectivity index (χ1) is 8.65. The Morgan fingerprint density at radius 2 is 2.33 bits per heavy atom. The molecular formula is C12H15N3O2S. The summed E-state index contributed by atoms with van der Waals surface area (Å²) in [6.07, 6.45) is 0.392. The van der Waals surface area contributed by atoms with E-state index in [0.29, 0.717) is 18.2 Å². The van der Waals surface area contributed by atoms with E-state index in [2.05, 4.69) is 15.5 Å². The van der Waals surface area contributed by atoms with E-state index in [4.69, 9.17) is 4.42 Å². The minimum Gasteiger partial charge on any atom is -0.423 e. The molecule has 0 radical (unpaired) electrons. The number of carbonyl (C=O) groups is 1. The van der Waals surface area contributed by atoms with Crippen LogP contribution in [0.2, 0.25) is 0 Å². The minimum absolute atomic E-state index is 0.0400. The fraction of sp³-hybridized carbons (Fsp3) is 0.417. The van der Waals surface area contributed by atoms with Crippen LogP contribution < -0.4 is 5.32 Å². The van der Waals surface area contributed by atoms with Gasteiger partial charge in [0, 0.05) is 10.8 Å². The lowest BCUT2D eigenvalue weighted by Gasteiger charge is -2.00. The molecule has 1 amide bonds. The van der Waals surface area contributed by atoms with Gasteiger partial charge < -0.3 is 9.73 Å². The van der Waals surface area contributed by atoms with Crippen molar-refractivity contribution >= 4 is 17.2 Å². The first-order valence-electron chi connectivity index (χ1n) is 5.76. The van der Waals surface area contributed by atoms with E-state index in [-0.39, 0.29) is 18.4 Å². The standard InChI is InChI=1S/C12H15N3O2S/c1-8(2)12-15-14-11(17-12)7-13-10(16)6-9-4-3-5-18-9/h3-5,8H,6-7H2,1-2H3,(H,13,16). The van der Waals surface area contributed by atoms with Crippen LogP contribution in [0.15, 0.2) is 21.9 Å². The normalized spacial score (nSPS) is 10.8. The van der Waals surface area contributed by atoms with Crippen molar-refractivity contribution in [2.24, 2.45) is 0 Å². The number of nitrogens with zero attached hydrogens (tertiary/aromatic N) is 2. The Balaban J connectivity index is 1.81. The summed E-state index contributed by atoms with van der Waals surface area (Å²) in [5.74, 6) is 1.20. The van der Waals surface area contributed by atoms with E-state index in [1.165, 1.54) is 0 Å². The molecule has 0 atom stereocenters. The smallest absolute Gasteiger partial charge is 0.235 e. The van der Waals surface area contributed by atoms with Crippen LogP contribution in [-0.2, 0) is 17.8 Å². The maximum Gasteiger partial charge on any atom is 0.235 e. The Bertz CT molecular complexity index is 505. The van der Waals surface area contributed by atoms with Crippen molar-refractivity contribution in [3.63, 3.8) is 0 Å². The van der Waals surface area contributed by atoms with Gasteiger partial charge in [0.1, 0.15) is 0 Å². The molecule has 2 heterocycles. The van der Waals surface area contributed by atoms with E-state index >= 15 is 0 Å². The summed E-state index contributed by atoms with van der Waals surface area (Å²) in [4.78, 5) is 12.7. The third-order valence-corrected chi connectivity index (χ3v) is 3.20. The van der Waals surface area contributed by atoms with Gasteiger partial charge in [0.15, 0.2) is 0 Å². The van der Waals surface area contributed by atoms with Gasteiger partial charge in [-0.1, -0.05) is 19.9 Å². The van der Waals surface area contributed by atoms with E-state index in [1.54, 1.807) is 11.3 Å². The van der Waals surface area contributed by atoms with Gasteiger partial charge in [-0.05, 0) is 11.4 Å². The first-order valence-corrected chi connectivity index (χ1v) is 6.64. The molecule has 1 N–H and O–H groups in total. The molecule has 6 heteroatoms. The van der Waals surface area contributed by atoms with Crippen molar-refractivity contribution in [2.45, 2.75) is 32.7 Å². The van der Waals surface area contributed by atoms with Gasteiger partial charge in [0.2, 0.25) is 17.7 Å². The number of nitrogens with one attached hydrogen (secondary N) is 1. The van der Waals surface area contributed by atoms with Crippen LogP contribution in [0.3, 0.4) is 0 Å². The number of thiophene rings is 1. The predicted octanol–water partition coefficient (Wildman–Crippen LogP) is 2.11. The van der Waals surface area contributed by atoms with Crippen LogP contribution in [0.25, 0.3) is 0 Å². The minimum atomic E-state index is -0.0400. The summed E-state index contributed by atoms with van der Waals surface area (Å²) >= 11 is 1.57. The summed E-state index contributed by atoms with van der Waals surface area (Å²) in [7, 11) is 0. The molecule has 0 aliphatic carbocycles. The maximum atomic E-state index is 11.6. The van der Waals surface area contributed by atoms with Gasteiger partial charge >= 0.3 is 0 Å². The zero-order chi connectivity index (χ0) is 13.0. The van der Waals surface area contributed by atoms with Gasteiger partial charge in [-0.2, -0.15) is 0 Å². The van der Waals surface area contributed by atoms with Gasteiger partial charge in [-0.15, -0.1) is 21.5 Å². The third kappa shape index (κ3) is 3.40. The van der Waals surface area contributed by atoms with Crippen LogP contribution in [-0.4, -0.2) is 16.1 Å². The molecule has 2 aromatic rings. The second kappa shape index (κ2) is 5.77. The highest BCUT2D eigenvalue weighted by Gasteiger charge is 2.10. The van der Waals surface area contributed by atoms with Gasteiger partial charge in [-0.3, -0.25) is 4.79 Å². The van der Waals surface area contributed by atoms with Crippen molar-refractivity contribution in [3.05, 3.63) is 34.2 Å². The molecule has 0 saturated heterocycles. The lowest BCUT2D eigenvalue weighted by molar-refractivity contribution is -0.120. The molecule has 0 bridgehead atoms. The summed E-state index contributed by atoms with van der Waals surface area (Å²) in [5, 5.41) is 12.5. The molecule has 0 spiro atoms. The van der Waals surface area contributed by atoms with Gasteiger partial charge in [0.25, 0.3) is 0 Å². The Morgan fingerprint density at radius 1 is 1.50 bits per heavy atom. The Kier molecular flexibility index (Phi) is 4.09. The Labute approximate surface area is 109 Å². The molecule has 0 aromatic carbocycles. The average Bonchev–Trinajstić information content (AvgIpc) is 2.96. The predicted molar refractivity (Wildman–Crippen MR) is 68.3 cm³/mol. The summed E-state index contributed by atoms with van der Waals surface area (Å²) < 4.78 is 5.40. The number of carbonyl (C=O) groups excluding carboxylic acids is 1. The summed E-state index contributed by atoms with van der Waals surface area (Å²) in [6, 6.07) is 3.87. The highest BCUT2D eigenvalue weighted by molar-refractivity contribution is 7.10. The highest BCUT2D eigenvalue weighted by atomic mass is 32.1. The highest BCUT2D eigenvalue weighted by Crippen LogP contribution is 2.12. The summed E-state index contributed by atoms with van der Waals surface area (Å²) in [6.45, 7) is 4.24. The molecule has 2 aromatic heterocycles. The van der Waals surface area contributed by atoms with Gasteiger partial charge in [0.05, 0.1) is 13.0 Å². The number of hydrogen-bond donors (Lipinski definition) is 1. The number of aromatic nitrogens is 2. The molecule has 0 unspecified atom stereocenters. The Hall–Kier alpha value is -1.69. The molecule has 0 saturated carbocycles. The largest absolute Gasteiger partial charge is 0.423 e. The molecule has 5 nitrogen and oxygen atoms in total. The number of hydrogen-bond acceptors (Lipinski definition) is 5. The third-order valence-electron chi connectivity index (χ3n) is 2.33. The topological polar surface area (TPSA) is 68.0 Å². The molecule has 0 aliphatic rings. The van der Waals surface area contributed by atoms with Crippen molar-refractivity contribution in [1.29, 1.82) is 0 Å². The zero-order valence-electron chi connectivity index (χ0n) is 10.3. The second-order valence-electron chi connectivity index (χ2n) is 4.22. The number of amides is 1. The van der Waals surface area contributed by atoms with Crippen molar-refractivity contribution in [1.82, 2.24) is 15.5 Å². The molecule has 2 rings (SSSR count). The SMILES string of the molecule is CC(C)c1nnc(CNC(=O)Cc2cccs2)o1. The molecule has 18 heavy (non-hydrogen) atoms. The van der Waals surface area contributed by atoms with Crippen molar-refractivity contribution in [2.75, 3.05) is 0 Å². The van der Waals surface area contributed by atoms with Crippen molar-refractivity contribution < 1.29 is 9.21 Å². The fourth-order valence-electron chi connectivity index (χ4n) is 1.38. The van der Waals surface area contributed by atoms with Crippen LogP contribution in [0, 0.1) is 0 Å². The first kappa shape index (κ1) is 12.8. The van der Waals surface area contributed by atoms with Gasteiger partial charge in [-0.25, -0.2) is 0 Å². The van der Waals surface area contributed by atoms with Crippen molar-refractivity contribution in [3.8, 4) is 0 Å². The Morgan fingerprint density at radius 3 is 2.94 bits per heavy atom. The maximum absolute atomic E-state index is 11.6. The van der Waals surface area contributed by atoms with E-state index in [9.17, 15) is 4.79 Å².